The maximum Gasteiger partial charge on any atom is 0.565 e. The van der Waals surface area contributed by atoms with E-state index in [0.29, 0.717) is 36.3 Å². The lowest BCUT2D eigenvalue weighted by Gasteiger charge is -2.12. The van der Waals surface area contributed by atoms with Crippen LogP contribution in [0.4, 0.5) is 0 Å². The topological polar surface area (TPSA) is 42.0 Å². The van der Waals surface area contributed by atoms with Gasteiger partial charge in [-0.25, -0.2) is 0 Å². The van der Waals surface area contributed by atoms with Crippen LogP contribution in [0.5, 0.6) is 11.5 Å². The SMILES string of the molecule is CCOc1cc(OCC)cc(C(=O)CN2[C+]N(C(C)CC)C=C2)c1.[Cl-]. The summed E-state index contributed by atoms with van der Waals surface area (Å²) in [6, 6.07) is 5.70. The third-order valence-corrected chi connectivity index (χ3v) is 3.85. The van der Waals surface area contributed by atoms with Crippen LogP contribution >= 0.6 is 0 Å². The normalized spacial score (nSPS) is 13.9. The number of carbonyl (C=O) groups is 1. The zero-order chi connectivity index (χ0) is 17.5. The predicted molar refractivity (Wildman–Crippen MR) is 93.8 cm³/mol. The zero-order valence-corrected chi connectivity index (χ0v) is 16.0. The number of hydrogen-bond acceptors (Lipinski definition) is 5. The van der Waals surface area contributed by atoms with Gasteiger partial charge in [-0.05, 0) is 39.3 Å². The number of carbonyl (C=O) groups excluding carboxylic acids is 1. The van der Waals surface area contributed by atoms with Gasteiger partial charge in [-0.15, -0.1) is 9.80 Å². The highest BCUT2D eigenvalue weighted by Crippen LogP contribution is 2.24. The molecule has 0 N–H and O–H groups in total. The summed E-state index contributed by atoms with van der Waals surface area (Å²) >= 11 is 0. The van der Waals surface area contributed by atoms with Crippen molar-refractivity contribution in [3.63, 3.8) is 0 Å². The fourth-order valence-corrected chi connectivity index (χ4v) is 2.38. The van der Waals surface area contributed by atoms with Crippen molar-refractivity contribution in [2.45, 2.75) is 40.2 Å². The molecule has 25 heavy (non-hydrogen) atoms. The van der Waals surface area contributed by atoms with E-state index in [1.165, 1.54) is 0 Å². The largest absolute Gasteiger partial charge is 1.00 e. The summed E-state index contributed by atoms with van der Waals surface area (Å²) in [6.45, 7) is 12.6. The molecule has 0 saturated heterocycles. The number of halogens is 1. The molecular formula is C19H26ClN2O3. The van der Waals surface area contributed by atoms with E-state index in [-0.39, 0.29) is 24.7 Å². The zero-order valence-electron chi connectivity index (χ0n) is 15.3. The predicted octanol–water partition coefficient (Wildman–Crippen LogP) is 0.554. The van der Waals surface area contributed by atoms with Crippen LogP contribution in [0, 0.1) is 6.67 Å². The van der Waals surface area contributed by atoms with Crippen LogP contribution in [-0.4, -0.2) is 41.4 Å². The summed E-state index contributed by atoms with van der Waals surface area (Å²) in [4.78, 5) is 16.4. The van der Waals surface area contributed by atoms with Gasteiger partial charge in [0.2, 0.25) is 0 Å². The van der Waals surface area contributed by atoms with Crippen LogP contribution in [0.15, 0.2) is 30.6 Å². The Morgan fingerprint density at radius 1 is 1.08 bits per heavy atom. The van der Waals surface area contributed by atoms with Gasteiger partial charge >= 0.3 is 6.67 Å². The summed E-state index contributed by atoms with van der Waals surface area (Å²) in [6.07, 6.45) is 4.84. The average Bonchev–Trinajstić information content (AvgIpc) is 3.03. The lowest BCUT2D eigenvalue weighted by Crippen LogP contribution is -3.00. The van der Waals surface area contributed by atoms with Gasteiger partial charge < -0.3 is 21.9 Å². The molecule has 5 nitrogen and oxygen atoms in total. The molecule has 0 spiro atoms. The van der Waals surface area contributed by atoms with Gasteiger partial charge in [-0.1, -0.05) is 6.92 Å². The van der Waals surface area contributed by atoms with E-state index in [4.69, 9.17) is 9.47 Å². The number of Topliss-reactive ketones (excluding diaryl/α,β-unsaturated/α-hetero) is 1. The fourth-order valence-electron chi connectivity index (χ4n) is 2.38. The first kappa shape index (κ1) is 21.0. The Balaban J connectivity index is 0.00000312. The van der Waals surface area contributed by atoms with Crippen molar-refractivity contribution in [3.05, 3.63) is 42.8 Å². The Kier molecular flexibility index (Phi) is 8.49. The van der Waals surface area contributed by atoms with Crippen LogP contribution in [-0.2, 0) is 0 Å². The molecule has 2 rings (SSSR count). The van der Waals surface area contributed by atoms with E-state index in [1.54, 1.807) is 17.0 Å². The minimum atomic E-state index is 0. The molecule has 6 heteroatoms. The van der Waals surface area contributed by atoms with Gasteiger partial charge in [-0.2, -0.15) is 0 Å². The van der Waals surface area contributed by atoms with Crippen LogP contribution in [0.2, 0.25) is 0 Å². The Hall–Kier alpha value is -2.01. The Labute approximate surface area is 157 Å². The molecule has 0 amide bonds. The van der Waals surface area contributed by atoms with Crippen molar-refractivity contribution in [1.29, 1.82) is 0 Å². The van der Waals surface area contributed by atoms with Crippen LogP contribution in [0.1, 0.15) is 44.5 Å². The number of nitrogens with zero attached hydrogens (tertiary/aromatic N) is 2. The van der Waals surface area contributed by atoms with Crippen LogP contribution in [0.25, 0.3) is 0 Å². The highest BCUT2D eigenvalue weighted by atomic mass is 35.5. The Morgan fingerprint density at radius 3 is 2.20 bits per heavy atom. The first-order valence-corrected chi connectivity index (χ1v) is 8.50. The van der Waals surface area contributed by atoms with Crippen molar-refractivity contribution in [3.8, 4) is 11.5 Å². The Bertz CT molecular complexity index is 568. The molecule has 0 bridgehead atoms. The van der Waals surface area contributed by atoms with Gasteiger partial charge in [0, 0.05) is 11.6 Å². The van der Waals surface area contributed by atoms with Gasteiger partial charge in [0.15, 0.2) is 5.78 Å². The molecule has 1 aromatic rings. The minimum Gasteiger partial charge on any atom is -1.00 e. The molecular weight excluding hydrogens is 340 g/mol. The number of rotatable bonds is 9. The molecule has 0 aromatic heterocycles. The van der Waals surface area contributed by atoms with Crippen molar-refractivity contribution in [2.24, 2.45) is 0 Å². The van der Waals surface area contributed by atoms with E-state index < -0.39 is 0 Å². The van der Waals surface area contributed by atoms with Crippen molar-refractivity contribution < 1.29 is 26.7 Å². The van der Waals surface area contributed by atoms with E-state index in [1.807, 2.05) is 37.2 Å². The molecule has 137 valence electrons. The van der Waals surface area contributed by atoms with Crippen LogP contribution in [0.3, 0.4) is 0 Å². The summed E-state index contributed by atoms with van der Waals surface area (Å²) in [5, 5.41) is 0. The maximum absolute atomic E-state index is 12.6. The molecule has 1 radical (unpaired) electrons. The molecule has 1 aliphatic rings. The van der Waals surface area contributed by atoms with E-state index in [2.05, 4.69) is 20.5 Å². The first-order valence-electron chi connectivity index (χ1n) is 8.50. The van der Waals surface area contributed by atoms with Gasteiger partial charge in [0.25, 0.3) is 0 Å². The molecule has 1 atom stereocenters. The molecule has 0 saturated carbocycles. The Morgan fingerprint density at radius 2 is 1.68 bits per heavy atom. The maximum atomic E-state index is 12.6. The van der Waals surface area contributed by atoms with E-state index in [0.717, 1.165) is 6.42 Å². The molecule has 0 fully saturated rings. The number of benzene rings is 1. The summed E-state index contributed by atoms with van der Waals surface area (Å²) in [5.41, 5.74) is 0.585. The average molecular weight is 366 g/mol. The smallest absolute Gasteiger partial charge is 0.565 e. The summed E-state index contributed by atoms with van der Waals surface area (Å²) in [7, 11) is 0. The number of ether oxygens (including phenoxy) is 2. The van der Waals surface area contributed by atoms with Crippen molar-refractivity contribution in [2.75, 3.05) is 19.8 Å². The second-order valence-corrected chi connectivity index (χ2v) is 5.67. The van der Waals surface area contributed by atoms with E-state index >= 15 is 0 Å². The third kappa shape index (κ3) is 5.78. The van der Waals surface area contributed by atoms with Gasteiger partial charge in [0.1, 0.15) is 18.0 Å². The van der Waals surface area contributed by atoms with Crippen molar-refractivity contribution in [1.82, 2.24) is 9.80 Å². The molecule has 1 heterocycles. The third-order valence-electron chi connectivity index (χ3n) is 3.85. The van der Waals surface area contributed by atoms with Crippen LogP contribution < -0.4 is 21.9 Å². The fraction of sp³-hybridized carbons (Fsp3) is 0.474. The molecule has 1 aromatic carbocycles. The quantitative estimate of drug-likeness (QED) is 0.472. The van der Waals surface area contributed by atoms with E-state index in [9.17, 15) is 4.79 Å². The first-order chi connectivity index (χ1) is 11.6. The molecule has 1 unspecified atom stereocenters. The standard InChI is InChI=1S/C19H26N2O3.ClH/c1-5-15(4)21-9-8-20(14-21)13-19(22)16-10-17(23-6-2)12-18(11-16)24-7-3;/h8-12,15H,5-7,13H2,1-4H3;1H/q+1;/p-1. The molecule has 1 aliphatic heterocycles. The second-order valence-electron chi connectivity index (χ2n) is 5.67. The number of ketones is 1. The highest BCUT2D eigenvalue weighted by molar-refractivity contribution is 5.98. The summed E-state index contributed by atoms with van der Waals surface area (Å²) < 4.78 is 11.1. The number of hydrogen-bond donors (Lipinski definition) is 0. The van der Waals surface area contributed by atoms with Gasteiger partial charge in [0.05, 0.1) is 31.7 Å². The second kappa shape index (κ2) is 10.1. The lowest BCUT2D eigenvalue weighted by atomic mass is 10.1. The minimum absolute atomic E-state index is 0. The molecule has 0 aliphatic carbocycles. The summed E-state index contributed by atoms with van der Waals surface area (Å²) in [5.74, 6) is 1.30. The lowest BCUT2D eigenvalue weighted by molar-refractivity contribution is -0.0000140. The highest BCUT2D eigenvalue weighted by Gasteiger charge is 2.35. The van der Waals surface area contributed by atoms with Crippen molar-refractivity contribution >= 4 is 5.78 Å². The monoisotopic (exact) mass is 365 g/mol. The van der Waals surface area contributed by atoms with Gasteiger partial charge in [-0.3, -0.25) is 4.79 Å².